The van der Waals surface area contributed by atoms with E-state index in [0.29, 0.717) is 24.1 Å². The average Bonchev–Trinajstić information content (AvgIpc) is 2.87. The molecule has 1 aliphatic heterocycles. The minimum atomic E-state index is -2.77. The van der Waals surface area contributed by atoms with E-state index < -0.39 is 9.84 Å². The predicted molar refractivity (Wildman–Crippen MR) is 55.6 cm³/mol. The van der Waals surface area contributed by atoms with Crippen LogP contribution >= 0.6 is 0 Å². The molecule has 0 N–H and O–H groups in total. The Morgan fingerprint density at radius 1 is 1.29 bits per heavy atom. The molecule has 0 bridgehead atoms. The molecule has 4 heteroatoms. The Labute approximate surface area is 85.4 Å². The molecule has 0 spiro atoms. The molecular weight excluding hydrogens is 198 g/mol. The molecule has 14 heavy (non-hydrogen) atoms. The predicted octanol–water partition coefficient (Wildman–Crippen LogP) is 0.271. The molecule has 78 valence electrons. The van der Waals surface area contributed by atoms with Gasteiger partial charge >= 0.3 is 0 Å². The molecule has 1 unspecified atom stereocenters. The van der Waals surface area contributed by atoms with E-state index in [-0.39, 0.29) is 6.04 Å². The van der Waals surface area contributed by atoms with Crippen molar-refractivity contribution in [3.05, 3.63) is 0 Å². The van der Waals surface area contributed by atoms with Gasteiger partial charge in [0, 0.05) is 12.1 Å². The lowest BCUT2D eigenvalue weighted by Crippen LogP contribution is -2.38. The van der Waals surface area contributed by atoms with E-state index in [0.717, 1.165) is 6.42 Å². The fourth-order valence-electron chi connectivity index (χ4n) is 2.10. The Hall–Kier alpha value is -0.530. The van der Waals surface area contributed by atoms with Crippen molar-refractivity contribution in [1.82, 2.24) is 4.90 Å². The van der Waals surface area contributed by atoms with Gasteiger partial charge in [-0.1, -0.05) is 5.92 Å². The summed E-state index contributed by atoms with van der Waals surface area (Å²) < 4.78 is 22.6. The van der Waals surface area contributed by atoms with Crippen molar-refractivity contribution >= 4 is 9.84 Å². The number of sulfone groups is 1. The first-order chi connectivity index (χ1) is 6.62. The molecule has 3 nitrogen and oxygen atoms in total. The molecular formula is C10H15NO2S. The van der Waals surface area contributed by atoms with Crippen molar-refractivity contribution in [3.8, 4) is 12.3 Å². The lowest BCUT2D eigenvalue weighted by atomic mass is 10.2. The van der Waals surface area contributed by atoms with Crippen molar-refractivity contribution in [3.63, 3.8) is 0 Å². The van der Waals surface area contributed by atoms with E-state index >= 15 is 0 Å². The molecule has 0 aromatic carbocycles. The van der Waals surface area contributed by atoms with Gasteiger partial charge < -0.3 is 0 Å². The minimum absolute atomic E-state index is 0.184. The van der Waals surface area contributed by atoms with Gasteiger partial charge in [-0.25, -0.2) is 8.42 Å². The van der Waals surface area contributed by atoms with E-state index in [1.807, 2.05) is 0 Å². The van der Waals surface area contributed by atoms with Crippen molar-refractivity contribution in [1.29, 1.82) is 0 Å². The van der Waals surface area contributed by atoms with Crippen LogP contribution in [0, 0.1) is 12.3 Å². The Bertz CT molecular complexity index is 351. The maximum Gasteiger partial charge on any atom is 0.151 e. The number of rotatable bonds is 3. The first-order valence-electron chi connectivity index (χ1n) is 5.02. The number of terminal acetylenes is 1. The standard InChI is InChI=1S/C10H15NO2S/c1-2-6-11(9-3-4-9)10-5-7-14(12,13)8-10/h1,9-10H,3-8H2. The first-order valence-corrected chi connectivity index (χ1v) is 6.84. The molecule has 2 fully saturated rings. The molecule has 1 atom stereocenters. The molecule has 0 aromatic rings. The van der Waals surface area contributed by atoms with Crippen LogP contribution in [0.25, 0.3) is 0 Å². The third kappa shape index (κ3) is 2.10. The Morgan fingerprint density at radius 3 is 2.43 bits per heavy atom. The summed E-state index contributed by atoms with van der Waals surface area (Å²) in [4.78, 5) is 2.20. The van der Waals surface area contributed by atoms with E-state index in [1.54, 1.807) is 0 Å². The molecule has 0 aromatic heterocycles. The fraction of sp³-hybridized carbons (Fsp3) is 0.800. The second-order valence-electron chi connectivity index (χ2n) is 4.16. The zero-order chi connectivity index (χ0) is 10.2. The summed E-state index contributed by atoms with van der Waals surface area (Å²) in [6.07, 6.45) is 8.41. The summed E-state index contributed by atoms with van der Waals surface area (Å²) >= 11 is 0. The van der Waals surface area contributed by atoms with Crippen molar-refractivity contribution in [2.75, 3.05) is 18.1 Å². The second kappa shape index (κ2) is 3.56. The maximum absolute atomic E-state index is 11.3. The second-order valence-corrected chi connectivity index (χ2v) is 6.39. The molecule has 0 radical (unpaired) electrons. The fourth-order valence-corrected chi connectivity index (χ4v) is 3.85. The van der Waals surface area contributed by atoms with Crippen LogP contribution in [0.1, 0.15) is 19.3 Å². The zero-order valence-electron chi connectivity index (χ0n) is 8.15. The van der Waals surface area contributed by atoms with Crippen molar-refractivity contribution in [2.24, 2.45) is 0 Å². The first kappa shape index (κ1) is 10.0. The normalized spacial score (nSPS) is 30.4. The summed E-state index contributed by atoms with van der Waals surface area (Å²) in [5.41, 5.74) is 0. The zero-order valence-corrected chi connectivity index (χ0v) is 8.96. The van der Waals surface area contributed by atoms with E-state index in [2.05, 4.69) is 10.8 Å². The van der Waals surface area contributed by atoms with Gasteiger partial charge in [0.15, 0.2) is 9.84 Å². The molecule has 0 amide bonds. The summed E-state index contributed by atoms with van der Waals surface area (Å²) in [6, 6.07) is 0.743. The summed E-state index contributed by atoms with van der Waals surface area (Å²) in [7, 11) is -2.77. The molecule has 1 heterocycles. The van der Waals surface area contributed by atoms with Gasteiger partial charge in [-0.3, -0.25) is 4.90 Å². The topological polar surface area (TPSA) is 37.4 Å². The highest BCUT2D eigenvalue weighted by molar-refractivity contribution is 7.91. The largest absolute Gasteiger partial charge is 0.285 e. The summed E-state index contributed by atoms with van der Waals surface area (Å²) in [5.74, 6) is 3.27. The number of nitrogens with zero attached hydrogens (tertiary/aromatic N) is 1. The van der Waals surface area contributed by atoms with Crippen LogP contribution in [0.15, 0.2) is 0 Å². The Balaban J connectivity index is 2.02. The summed E-state index contributed by atoms with van der Waals surface area (Å²) in [5, 5.41) is 0. The third-order valence-corrected chi connectivity index (χ3v) is 4.72. The van der Waals surface area contributed by atoms with Crippen LogP contribution in [0.2, 0.25) is 0 Å². The Morgan fingerprint density at radius 2 is 2.00 bits per heavy atom. The lowest BCUT2D eigenvalue weighted by Gasteiger charge is -2.25. The van der Waals surface area contributed by atoms with Gasteiger partial charge in [-0.2, -0.15) is 0 Å². The van der Waals surface area contributed by atoms with Gasteiger partial charge in [-0.05, 0) is 19.3 Å². The SMILES string of the molecule is C#CCN(C1CC1)C1CCS(=O)(=O)C1. The molecule has 2 rings (SSSR count). The molecule has 1 aliphatic carbocycles. The summed E-state index contributed by atoms with van der Waals surface area (Å²) in [6.45, 7) is 0.602. The highest BCUT2D eigenvalue weighted by atomic mass is 32.2. The van der Waals surface area contributed by atoms with E-state index in [4.69, 9.17) is 6.42 Å². The number of hydrogen-bond acceptors (Lipinski definition) is 3. The van der Waals surface area contributed by atoms with Crippen LogP contribution in [0.5, 0.6) is 0 Å². The highest BCUT2D eigenvalue weighted by Gasteiger charge is 2.38. The molecule has 2 aliphatic rings. The van der Waals surface area contributed by atoms with Crippen LogP contribution in [0.4, 0.5) is 0 Å². The Kier molecular flexibility index (Phi) is 2.54. The molecule has 1 saturated carbocycles. The molecule has 1 saturated heterocycles. The minimum Gasteiger partial charge on any atom is -0.285 e. The monoisotopic (exact) mass is 213 g/mol. The van der Waals surface area contributed by atoms with Gasteiger partial charge in [0.25, 0.3) is 0 Å². The van der Waals surface area contributed by atoms with Crippen LogP contribution < -0.4 is 0 Å². The van der Waals surface area contributed by atoms with Crippen molar-refractivity contribution in [2.45, 2.75) is 31.3 Å². The van der Waals surface area contributed by atoms with Crippen LogP contribution in [0.3, 0.4) is 0 Å². The van der Waals surface area contributed by atoms with Crippen LogP contribution in [-0.4, -0.2) is 43.5 Å². The van der Waals surface area contributed by atoms with E-state index in [9.17, 15) is 8.42 Å². The van der Waals surface area contributed by atoms with Crippen LogP contribution in [-0.2, 0) is 9.84 Å². The van der Waals surface area contributed by atoms with Gasteiger partial charge in [0.2, 0.25) is 0 Å². The van der Waals surface area contributed by atoms with Gasteiger partial charge in [0.1, 0.15) is 0 Å². The van der Waals surface area contributed by atoms with Gasteiger partial charge in [-0.15, -0.1) is 6.42 Å². The van der Waals surface area contributed by atoms with Gasteiger partial charge in [0.05, 0.1) is 18.1 Å². The highest BCUT2D eigenvalue weighted by Crippen LogP contribution is 2.31. The van der Waals surface area contributed by atoms with Crippen molar-refractivity contribution < 1.29 is 8.42 Å². The quantitative estimate of drug-likeness (QED) is 0.632. The number of hydrogen-bond donors (Lipinski definition) is 0. The third-order valence-electron chi connectivity index (χ3n) is 2.97. The van der Waals surface area contributed by atoms with E-state index in [1.165, 1.54) is 12.8 Å². The lowest BCUT2D eigenvalue weighted by molar-refractivity contribution is 0.229. The average molecular weight is 213 g/mol. The maximum atomic E-state index is 11.3. The smallest absolute Gasteiger partial charge is 0.151 e.